The number of amides is 1. The van der Waals surface area contributed by atoms with E-state index in [1.165, 1.54) is 17.7 Å². The maximum Gasteiger partial charge on any atom is 0.387 e. The minimum Gasteiger partial charge on any atom is -0.435 e. The molecule has 0 radical (unpaired) electrons. The van der Waals surface area contributed by atoms with Gasteiger partial charge in [0.1, 0.15) is 5.75 Å². The summed E-state index contributed by atoms with van der Waals surface area (Å²) in [6.07, 6.45) is 1.55. The summed E-state index contributed by atoms with van der Waals surface area (Å²) in [6.45, 7) is 1.74. The van der Waals surface area contributed by atoms with Gasteiger partial charge in [0.15, 0.2) is 0 Å². The van der Waals surface area contributed by atoms with Crippen LogP contribution >= 0.6 is 0 Å². The summed E-state index contributed by atoms with van der Waals surface area (Å²) in [5.74, 6) is 0.0350. The molecule has 1 aliphatic rings. The number of benzene rings is 2. The lowest BCUT2D eigenvalue weighted by molar-refractivity contribution is -0.127. The number of anilines is 1. The topological polar surface area (TPSA) is 41.6 Å². The molecule has 0 spiro atoms. The maximum absolute atomic E-state index is 12.7. The number of ether oxygens (including phenoxy) is 1. The SMILES string of the molecule is CC1(C(=O)Nc2ccc(OC(F)F)cc2)CCN(Cc2ccccc2)CC1. The summed E-state index contributed by atoms with van der Waals surface area (Å²) in [5.41, 5.74) is 1.41. The summed E-state index contributed by atoms with van der Waals surface area (Å²) < 4.78 is 28.7. The molecule has 2 aromatic rings. The van der Waals surface area contributed by atoms with Crippen molar-refractivity contribution in [1.29, 1.82) is 0 Å². The first kappa shape index (κ1) is 19.3. The third kappa shape index (κ3) is 5.26. The molecule has 1 saturated heterocycles. The van der Waals surface area contributed by atoms with Crippen LogP contribution in [-0.2, 0) is 11.3 Å². The Morgan fingerprint density at radius 1 is 1.11 bits per heavy atom. The molecule has 3 rings (SSSR count). The molecule has 0 atom stereocenters. The standard InChI is InChI=1S/C21H24F2N2O2/c1-21(11-13-25(14-12-21)15-16-5-3-2-4-6-16)19(26)24-17-7-9-18(10-8-17)27-20(22)23/h2-10,20H,11-15H2,1H3,(H,24,26). The fraction of sp³-hybridized carbons (Fsp3) is 0.381. The Labute approximate surface area is 158 Å². The van der Waals surface area contributed by atoms with E-state index in [2.05, 4.69) is 27.1 Å². The molecule has 1 fully saturated rings. The van der Waals surface area contributed by atoms with Gasteiger partial charge in [0.05, 0.1) is 0 Å². The summed E-state index contributed by atoms with van der Waals surface area (Å²) in [4.78, 5) is 15.1. The van der Waals surface area contributed by atoms with E-state index in [1.807, 2.05) is 25.1 Å². The summed E-state index contributed by atoms with van der Waals surface area (Å²) in [6, 6.07) is 16.3. The first-order valence-corrected chi connectivity index (χ1v) is 9.07. The van der Waals surface area contributed by atoms with Crippen LogP contribution < -0.4 is 10.1 Å². The number of piperidine rings is 1. The van der Waals surface area contributed by atoms with Crippen LogP contribution in [0.5, 0.6) is 5.75 Å². The van der Waals surface area contributed by atoms with E-state index in [0.29, 0.717) is 5.69 Å². The van der Waals surface area contributed by atoms with Crippen molar-refractivity contribution >= 4 is 11.6 Å². The molecule has 144 valence electrons. The van der Waals surface area contributed by atoms with E-state index in [0.717, 1.165) is 32.5 Å². The highest BCUT2D eigenvalue weighted by Gasteiger charge is 2.36. The van der Waals surface area contributed by atoms with E-state index in [-0.39, 0.29) is 11.7 Å². The molecule has 1 N–H and O–H groups in total. The van der Waals surface area contributed by atoms with Crippen molar-refractivity contribution in [2.45, 2.75) is 32.9 Å². The smallest absolute Gasteiger partial charge is 0.387 e. The average molecular weight is 374 g/mol. The Morgan fingerprint density at radius 3 is 2.33 bits per heavy atom. The highest BCUT2D eigenvalue weighted by molar-refractivity contribution is 5.95. The third-order valence-electron chi connectivity index (χ3n) is 5.09. The Bertz CT molecular complexity index is 743. The Morgan fingerprint density at radius 2 is 1.74 bits per heavy atom. The minimum absolute atomic E-state index is 0.0376. The van der Waals surface area contributed by atoms with Gasteiger partial charge in [-0.15, -0.1) is 0 Å². The number of hydrogen-bond acceptors (Lipinski definition) is 3. The lowest BCUT2D eigenvalue weighted by Gasteiger charge is -2.38. The predicted molar refractivity (Wildman–Crippen MR) is 101 cm³/mol. The molecule has 1 aliphatic heterocycles. The molecule has 4 nitrogen and oxygen atoms in total. The number of carbonyl (C=O) groups excluding carboxylic acids is 1. The highest BCUT2D eigenvalue weighted by atomic mass is 19.3. The molecule has 2 aromatic carbocycles. The van der Waals surface area contributed by atoms with Gasteiger partial charge in [-0.05, 0) is 55.8 Å². The van der Waals surface area contributed by atoms with E-state index in [4.69, 9.17) is 0 Å². The van der Waals surface area contributed by atoms with Crippen LogP contribution in [0.4, 0.5) is 14.5 Å². The van der Waals surface area contributed by atoms with Gasteiger partial charge in [0.2, 0.25) is 5.91 Å². The number of alkyl halides is 2. The molecular weight excluding hydrogens is 350 g/mol. The molecule has 6 heteroatoms. The Balaban J connectivity index is 1.52. The third-order valence-corrected chi connectivity index (χ3v) is 5.09. The van der Waals surface area contributed by atoms with E-state index < -0.39 is 12.0 Å². The Kier molecular flexibility index (Phi) is 6.06. The van der Waals surface area contributed by atoms with Gasteiger partial charge in [0, 0.05) is 17.6 Å². The zero-order valence-corrected chi connectivity index (χ0v) is 15.3. The molecule has 1 amide bonds. The lowest BCUT2D eigenvalue weighted by atomic mass is 9.79. The molecule has 1 heterocycles. The van der Waals surface area contributed by atoms with E-state index in [1.54, 1.807) is 12.1 Å². The second-order valence-corrected chi connectivity index (χ2v) is 7.18. The molecule has 0 saturated carbocycles. The van der Waals surface area contributed by atoms with Gasteiger partial charge in [-0.1, -0.05) is 37.3 Å². The van der Waals surface area contributed by atoms with Crippen LogP contribution in [0.2, 0.25) is 0 Å². The minimum atomic E-state index is -2.86. The van der Waals surface area contributed by atoms with Gasteiger partial charge in [-0.25, -0.2) is 0 Å². The number of rotatable bonds is 6. The number of likely N-dealkylation sites (tertiary alicyclic amines) is 1. The lowest BCUT2D eigenvalue weighted by Crippen LogP contribution is -2.44. The van der Waals surface area contributed by atoms with Crippen LogP contribution in [0.3, 0.4) is 0 Å². The number of halogens is 2. The second kappa shape index (κ2) is 8.48. The number of hydrogen-bond donors (Lipinski definition) is 1. The van der Waals surface area contributed by atoms with Crippen LogP contribution in [0, 0.1) is 5.41 Å². The molecule has 0 bridgehead atoms. The molecular formula is C21H24F2N2O2. The quantitative estimate of drug-likeness (QED) is 0.808. The van der Waals surface area contributed by atoms with Crippen LogP contribution in [0.15, 0.2) is 54.6 Å². The molecule has 27 heavy (non-hydrogen) atoms. The first-order chi connectivity index (χ1) is 12.9. The molecule has 0 unspecified atom stereocenters. The summed E-state index contributed by atoms with van der Waals surface area (Å²) >= 11 is 0. The highest BCUT2D eigenvalue weighted by Crippen LogP contribution is 2.33. The summed E-state index contributed by atoms with van der Waals surface area (Å²) in [5, 5.41) is 2.90. The molecule has 0 aliphatic carbocycles. The van der Waals surface area contributed by atoms with Crippen LogP contribution in [0.25, 0.3) is 0 Å². The molecule has 0 aromatic heterocycles. The average Bonchev–Trinajstić information content (AvgIpc) is 2.66. The van der Waals surface area contributed by atoms with Gasteiger partial charge in [-0.2, -0.15) is 8.78 Å². The fourth-order valence-electron chi connectivity index (χ4n) is 3.28. The van der Waals surface area contributed by atoms with Crippen molar-refractivity contribution in [3.05, 3.63) is 60.2 Å². The zero-order valence-electron chi connectivity index (χ0n) is 15.3. The number of nitrogens with zero attached hydrogens (tertiary/aromatic N) is 1. The van der Waals surface area contributed by atoms with Crippen LogP contribution in [0.1, 0.15) is 25.3 Å². The van der Waals surface area contributed by atoms with Gasteiger partial charge in [0.25, 0.3) is 0 Å². The fourth-order valence-corrected chi connectivity index (χ4v) is 3.28. The zero-order chi connectivity index (χ0) is 19.3. The van der Waals surface area contributed by atoms with Crippen molar-refractivity contribution in [1.82, 2.24) is 4.90 Å². The van der Waals surface area contributed by atoms with Crippen LogP contribution in [-0.4, -0.2) is 30.5 Å². The van der Waals surface area contributed by atoms with Crippen molar-refractivity contribution in [2.75, 3.05) is 18.4 Å². The number of carbonyl (C=O) groups is 1. The van der Waals surface area contributed by atoms with Crippen molar-refractivity contribution in [3.63, 3.8) is 0 Å². The Hall–Kier alpha value is -2.47. The first-order valence-electron chi connectivity index (χ1n) is 9.07. The number of nitrogens with one attached hydrogen (secondary N) is 1. The van der Waals surface area contributed by atoms with E-state index in [9.17, 15) is 13.6 Å². The van der Waals surface area contributed by atoms with Crippen molar-refractivity contribution in [2.24, 2.45) is 5.41 Å². The van der Waals surface area contributed by atoms with Crippen molar-refractivity contribution < 1.29 is 18.3 Å². The maximum atomic E-state index is 12.7. The van der Waals surface area contributed by atoms with Gasteiger partial charge in [-0.3, -0.25) is 9.69 Å². The normalized spacial score (nSPS) is 16.9. The predicted octanol–water partition coefficient (Wildman–Crippen LogP) is 4.53. The monoisotopic (exact) mass is 374 g/mol. The van der Waals surface area contributed by atoms with E-state index >= 15 is 0 Å². The summed E-state index contributed by atoms with van der Waals surface area (Å²) in [7, 11) is 0. The van der Waals surface area contributed by atoms with Gasteiger partial charge < -0.3 is 10.1 Å². The second-order valence-electron chi connectivity index (χ2n) is 7.18. The largest absolute Gasteiger partial charge is 0.435 e. The van der Waals surface area contributed by atoms with Crippen molar-refractivity contribution in [3.8, 4) is 5.75 Å². The van der Waals surface area contributed by atoms with Gasteiger partial charge >= 0.3 is 6.61 Å².